The predicted molar refractivity (Wildman–Crippen MR) is 92.0 cm³/mol. The van der Waals surface area contributed by atoms with E-state index in [1.165, 1.54) is 23.1 Å². The first-order valence-corrected chi connectivity index (χ1v) is 8.06. The fourth-order valence-electron chi connectivity index (χ4n) is 2.37. The van der Waals surface area contributed by atoms with E-state index in [0.717, 1.165) is 5.69 Å². The standard InChI is InChI=1S/C19H18FN3O3/c1-13(17-8-3-4-9-21-17)23(2)19(24)18-11-16(26-22-18)12-25-15-7-5-6-14(20)10-15/h3-11,13H,12H2,1-2H3. The summed E-state index contributed by atoms with van der Waals surface area (Å²) in [5.74, 6) is 0.0663. The molecule has 0 spiro atoms. The minimum atomic E-state index is -0.388. The summed E-state index contributed by atoms with van der Waals surface area (Å²) in [6.07, 6.45) is 1.68. The summed E-state index contributed by atoms with van der Waals surface area (Å²) in [4.78, 5) is 18.4. The number of nitrogens with zero attached hydrogens (tertiary/aromatic N) is 3. The van der Waals surface area contributed by atoms with Crippen molar-refractivity contribution in [1.82, 2.24) is 15.0 Å². The topological polar surface area (TPSA) is 68.5 Å². The van der Waals surface area contributed by atoms with E-state index in [1.807, 2.05) is 25.1 Å². The van der Waals surface area contributed by atoms with Crippen LogP contribution in [0.4, 0.5) is 4.39 Å². The zero-order valence-electron chi connectivity index (χ0n) is 14.4. The fraction of sp³-hybridized carbons (Fsp3) is 0.211. The maximum Gasteiger partial charge on any atom is 0.276 e. The van der Waals surface area contributed by atoms with Crippen molar-refractivity contribution in [2.24, 2.45) is 0 Å². The molecule has 0 saturated carbocycles. The molecule has 0 saturated heterocycles. The van der Waals surface area contributed by atoms with Gasteiger partial charge in [-0.3, -0.25) is 9.78 Å². The van der Waals surface area contributed by atoms with Crippen LogP contribution >= 0.6 is 0 Å². The second-order valence-electron chi connectivity index (χ2n) is 5.77. The summed E-state index contributed by atoms with van der Waals surface area (Å²) < 4.78 is 23.7. The molecule has 1 atom stereocenters. The Labute approximate surface area is 150 Å². The SMILES string of the molecule is CC(c1ccccn1)N(C)C(=O)c1cc(COc2cccc(F)c2)on1. The number of halogens is 1. The van der Waals surface area contributed by atoms with Gasteiger partial charge in [-0.25, -0.2) is 4.39 Å². The van der Waals surface area contributed by atoms with Gasteiger partial charge in [-0.2, -0.15) is 0 Å². The molecule has 0 aliphatic heterocycles. The van der Waals surface area contributed by atoms with Crippen LogP contribution in [0.15, 0.2) is 59.3 Å². The molecule has 0 fully saturated rings. The van der Waals surface area contributed by atoms with E-state index >= 15 is 0 Å². The van der Waals surface area contributed by atoms with Gasteiger partial charge in [-0.15, -0.1) is 0 Å². The molecule has 1 aromatic carbocycles. The summed E-state index contributed by atoms with van der Waals surface area (Å²) in [5.41, 5.74) is 0.953. The van der Waals surface area contributed by atoms with Crippen molar-refractivity contribution < 1.29 is 18.4 Å². The summed E-state index contributed by atoms with van der Waals surface area (Å²) in [5, 5.41) is 3.80. The van der Waals surface area contributed by atoms with Crippen molar-refractivity contribution in [1.29, 1.82) is 0 Å². The van der Waals surface area contributed by atoms with Crippen LogP contribution < -0.4 is 4.74 Å². The molecule has 3 rings (SSSR count). The van der Waals surface area contributed by atoms with Crippen LogP contribution in [-0.4, -0.2) is 28.0 Å². The number of benzene rings is 1. The van der Waals surface area contributed by atoms with Gasteiger partial charge >= 0.3 is 0 Å². The molecule has 26 heavy (non-hydrogen) atoms. The zero-order chi connectivity index (χ0) is 18.5. The molecule has 1 unspecified atom stereocenters. The summed E-state index contributed by atoms with van der Waals surface area (Å²) in [6.45, 7) is 1.93. The fourth-order valence-corrected chi connectivity index (χ4v) is 2.37. The largest absolute Gasteiger partial charge is 0.485 e. The Morgan fingerprint density at radius 3 is 2.85 bits per heavy atom. The van der Waals surface area contributed by atoms with E-state index in [9.17, 15) is 9.18 Å². The van der Waals surface area contributed by atoms with Gasteiger partial charge in [0.25, 0.3) is 5.91 Å². The molecule has 0 aliphatic rings. The van der Waals surface area contributed by atoms with Gasteiger partial charge in [0.2, 0.25) is 0 Å². The molecule has 2 heterocycles. The molecule has 134 valence electrons. The molecule has 0 N–H and O–H groups in total. The van der Waals surface area contributed by atoms with Crippen molar-refractivity contribution in [3.05, 3.63) is 77.7 Å². The Morgan fingerprint density at radius 2 is 2.12 bits per heavy atom. The van der Waals surface area contributed by atoms with Crippen LogP contribution in [0.5, 0.6) is 5.75 Å². The average molecular weight is 355 g/mol. The predicted octanol–water partition coefficient (Wildman–Crippen LogP) is 3.62. The Kier molecular flexibility index (Phi) is 5.26. The highest BCUT2D eigenvalue weighted by atomic mass is 19.1. The van der Waals surface area contributed by atoms with Crippen molar-refractivity contribution in [2.45, 2.75) is 19.6 Å². The Morgan fingerprint density at radius 1 is 1.27 bits per heavy atom. The molecular formula is C19H18FN3O3. The van der Waals surface area contributed by atoms with Crippen LogP contribution in [0.2, 0.25) is 0 Å². The number of aromatic nitrogens is 2. The molecule has 3 aromatic rings. The summed E-state index contributed by atoms with van der Waals surface area (Å²) in [6, 6.07) is 12.6. The van der Waals surface area contributed by atoms with Gasteiger partial charge in [0.05, 0.1) is 11.7 Å². The quantitative estimate of drug-likeness (QED) is 0.675. The minimum Gasteiger partial charge on any atom is -0.485 e. The third-order valence-electron chi connectivity index (χ3n) is 3.97. The van der Waals surface area contributed by atoms with E-state index in [1.54, 1.807) is 25.4 Å². The van der Waals surface area contributed by atoms with Gasteiger partial charge in [0.1, 0.15) is 18.2 Å². The van der Waals surface area contributed by atoms with Gasteiger partial charge < -0.3 is 14.2 Å². The van der Waals surface area contributed by atoms with E-state index < -0.39 is 0 Å². The van der Waals surface area contributed by atoms with Gasteiger partial charge in [0, 0.05) is 25.4 Å². The first-order valence-electron chi connectivity index (χ1n) is 8.06. The number of pyridine rings is 1. The summed E-state index contributed by atoms with van der Waals surface area (Å²) >= 11 is 0. The van der Waals surface area contributed by atoms with Crippen LogP contribution in [0.25, 0.3) is 0 Å². The lowest BCUT2D eigenvalue weighted by Crippen LogP contribution is -2.30. The van der Waals surface area contributed by atoms with Crippen LogP contribution in [0.3, 0.4) is 0 Å². The monoisotopic (exact) mass is 355 g/mol. The lowest BCUT2D eigenvalue weighted by atomic mass is 10.2. The molecule has 0 radical (unpaired) electrons. The average Bonchev–Trinajstić information content (AvgIpc) is 3.14. The highest BCUT2D eigenvalue weighted by molar-refractivity contribution is 5.92. The lowest BCUT2D eigenvalue weighted by Gasteiger charge is -2.23. The van der Waals surface area contributed by atoms with Crippen molar-refractivity contribution in [2.75, 3.05) is 7.05 Å². The number of hydrogen-bond acceptors (Lipinski definition) is 5. The number of rotatable bonds is 6. The van der Waals surface area contributed by atoms with Crippen molar-refractivity contribution in [3.8, 4) is 5.75 Å². The maximum atomic E-state index is 13.1. The second kappa shape index (κ2) is 7.77. The van der Waals surface area contributed by atoms with E-state index in [4.69, 9.17) is 9.26 Å². The van der Waals surface area contributed by atoms with Gasteiger partial charge in [-0.05, 0) is 31.2 Å². The lowest BCUT2D eigenvalue weighted by molar-refractivity contribution is 0.0729. The highest BCUT2D eigenvalue weighted by Gasteiger charge is 2.22. The third-order valence-corrected chi connectivity index (χ3v) is 3.97. The van der Waals surface area contributed by atoms with Gasteiger partial charge in [0.15, 0.2) is 11.5 Å². The molecule has 7 heteroatoms. The Hall–Kier alpha value is -3.22. The Bertz CT molecular complexity index is 883. The van der Waals surface area contributed by atoms with Gasteiger partial charge in [-0.1, -0.05) is 17.3 Å². The number of hydrogen-bond donors (Lipinski definition) is 0. The van der Waals surface area contributed by atoms with Crippen molar-refractivity contribution in [3.63, 3.8) is 0 Å². The number of carbonyl (C=O) groups is 1. The molecule has 1 amide bonds. The minimum absolute atomic E-state index is 0.0449. The molecule has 0 aliphatic carbocycles. The van der Waals surface area contributed by atoms with E-state index in [-0.39, 0.29) is 30.1 Å². The van der Waals surface area contributed by atoms with Crippen molar-refractivity contribution >= 4 is 5.91 Å². The number of carbonyl (C=O) groups excluding carboxylic acids is 1. The third kappa shape index (κ3) is 4.05. The summed E-state index contributed by atoms with van der Waals surface area (Å²) in [7, 11) is 1.68. The number of ether oxygens (including phenoxy) is 1. The molecule has 2 aromatic heterocycles. The van der Waals surface area contributed by atoms with E-state index in [2.05, 4.69) is 10.1 Å². The highest BCUT2D eigenvalue weighted by Crippen LogP contribution is 2.19. The van der Waals surface area contributed by atoms with Crippen LogP contribution in [-0.2, 0) is 6.61 Å². The number of amides is 1. The normalized spacial score (nSPS) is 11.8. The Balaban J connectivity index is 1.64. The first-order chi connectivity index (χ1) is 12.5. The van der Waals surface area contributed by atoms with Crippen LogP contribution in [0, 0.1) is 5.82 Å². The first kappa shape index (κ1) is 17.6. The molecule has 0 bridgehead atoms. The second-order valence-corrected chi connectivity index (χ2v) is 5.77. The van der Waals surface area contributed by atoms with E-state index in [0.29, 0.717) is 11.5 Å². The smallest absolute Gasteiger partial charge is 0.276 e. The molecule has 6 nitrogen and oxygen atoms in total. The molecular weight excluding hydrogens is 337 g/mol. The zero-order valence-corrected chi connectivity index (χ0v) is 14.4. The van der Waals surface area contributed by atoms with Crippen LogP contribution in [0.1, 0.15) is 34.9 Å². The maximum absolute atomic E-state index is 13.1.